The van der Waals surface area contributed by atoms with Crippen molar-refractivity contribution in [2.75, 3.05) is 0 Å². The first-order valence-corrected chi connectivity index (χ1v) is 9.65. The Bertz CT molecular complexity index is 677. The van der Waals surface area contributed by atoms with Gasteiger partial charge in [0.05, 0.1) is 12.2 Å². The highest BCUT2D eigenvalue weighted by Gasteiger charge is 2.19. The van der Waals surface area contributed by atoms with Crippen LogP contribution in [0.25, 0.3) is 0 Å². The number of carbonyl (C=O) groups excluding carboxylic acids is 1. The molecule has 0 bridgehead atoms. The first kappa shape index (κ1) is 19.4. The molecule has 0 N–H and O–H groups in total. The molecule has 2 aromatic rings. The van der Waals surface area contributed by atoms with Gasteiger partial charge in [0.25, 0.3) is 0 Å². The van der Waals surface area contributed by atoms with Crippen LogP contribution in [-0.4, -0.2) is 21.8 Å². The van der Waals surface area contributed by atoms with Gasteiger partial charge in [0, 0.05) is 17.8 Å². The molecule has 0 aliphatic heterocycles. The number of ether oxygens (including phenoxy) is 1. The number of carbonyl (C=O) groups is 1. The van der Waals surface area contributed by atoms with Crippen molar-refractivity contribution in [1.82, 2.24) is 9.88 Å². The van der Waals surface area contributed by atoms with Gasteiger partial charge in [-0.1, -0.05) is 31.5 Å². The summed E-state index contributed by atoms with van der Waals surface area (Å²) in [6.07, 6.45) is 0.575. The third kappa shape index (κ3) is 6.16. The maximum Gasteiger partial charge on any atom is 0.223 e. The van der Waals surface area contributed by atoms with Gasteiger partial charge in [0.2, 0.25) is 5.91 Å². The van der Waals surface area contributed by atoms with Crippen molar-refractivity contribution in [3.05, 3.63) is 45.9 Å². The van der Waals surface area contributed by atoms with Gasteiger partial charge in [-0.3, -0.25) is 4.79 Å². The van der Waals surface area contributed by atoms with Crippen LogP contribution in [0, 0.1) is 12.8 Å². The van der Waals surface area contributed by atoms with Crippen molar-refractivity contribution >= 4 is 17.2 Å². The average molecular weight is 361 g/mol. The number of aryl methyl sites for hydroxylation is 1. The van der Waals surface area contributed by atoms with Crippen LogP contribution in [0.5, 0.6) is 5.75 Å². The second-order valence-electron chi connectivity index (χ2n) is 7.05. The van der Waals surface area contributed by atoms with E-state index in [1.54, 1.807) is 11.3 Å². The summed E-state index contributed by atoms with van der Waals surface area (Å²) in [4.78, 5) is 19.0. The number of amides is 1. The summed E-state index contributed by atoms with van der Waals surface area (Å²) in [7, 11) is 0. The third-order valence-corrected chi connectivity index (χ3v) is 4.71. The Labute approximate surface area is 154 Å². The van der Waals surface area contributed by atoms with Crippen LogP contribution in [-0.2, 0) is 17.9 Å². The molecule has 1 amide bonds. The minimum atomic E-state index is 0.167. The first-order chi connectivity index (χ1) is 11.8. The smallest absolute Gasteiger partial charge is 0.223 e. The highest BCUT2D eigenvalue weighted by molar-refractivity contribution is 7.09. The molecule has 0 aliphatic rings. The van der Waals surface area contributed by atoms with Gasteiger partial charge in [0.15, 0.2) is 0 Å². The molecule has 136 valence electrons. The molecule has 0 unspecified atom stereocenters. The van der Waals surface area contributed by atoms with Crippen LogP contribution < -0.4 is 4.74 Å². The van der Waals surface area contributed by atoms with E-state index in [1.165, 1.54) is 5.56 Å². The molecule has 0 atom stereocenters. The van der Waals surface area contributed by atoms with Gasteiger partial charge in [-0.15, -0.1) is 11.3 Å². The molecular weight excluding hydrogens is 332 g/mol. The maximum atomic E-state index is 12.4. The van der Waals surface area contributed by atoms with E-state index in [0.717, 1.165) is 16.5 Å². The van der Waals surface area contributed by atoms with E-state index in [0.29, 0.717) is 25.5 Å². The molecule has 0 saturated heterocycles. The van der Waals surface area contributed by atoms with Gasteiger partial charge < -0.3 is 9.64 Å². The van der Waals surface area contributed by atoms with Gasteiger partial charge in [-0.05, 0) is 38.8 Å². The quantitative estimate of drug-likeness (QED) is 0.678. The van der Waals surface area contributed by atoms with Crippen molar-refractivity contribution in [3.8, 4) is 5.75 Å². The lowest BCUT2D eigenvalue weighted by Crippen LogP contribution is -2.37. The van der Waals surface area contributed by atoms with Crippen LogP contribution >= 0.6 is 11.3 Å². The van der Waals surface area contributed by atoms with E-state index >= 15 is 0 Å². The number of hydrogen-bond acceptors (Lipinski definition) is 4. The van der Waals surface area contributed by atoms with E-state index in [2.05, 4.69) is 25.8 Å². The Morgan fingerprint density at radius 1 is 1.20 bits per heavy atom. The Morgan fingerprint density at radius 2 is 1.88 bits per heavy atom. The van der Waals surface area contributed by atoms with Crippen molar-refractivity contribution < 1.29 is 9.53 Å². The van der Waals surface area contributed by atoms with E-state index in [4.69, 9.17) is 4.74 Å². The summed E-state index contributed by atoms with van der Waals surface area (Å²) >= 11 is 1.58. The second-order valence-corrected chi connectivity index (χ2v) is 7.99. The zero-order valence-corrected chi connectivity index (χ0v) is 16.6. The summed E-state index contributed by atoms with van der Waals surface area (Å²) < 4.78 is 5.78. The van der Waals surface area contributed by atoms with Crippen LogP contribution in [0.3, 0.4) is 0 Å². The zero-order chi connectivity index (χ0) is 18.4. The third-order valence-electron chi connectivity index (χ3n) is 3.84. The van der Waals surface area contributed by atoms with Gasteiger partial charge in [-0.25, -0.2) is 4.98 Å². The molecule has 25 heavy (non-hydrogen) atoms. The molecule has 1 aromatic heterocycles. The monoisotopic (exact) mass is 360 g/mol. The van der Waals surface area contributed by atoms with E-state index in [1.807, 2.05) is 48.4 Å². The molecule has 0 saturated carbocycles. The topological polar surface area (TPSA) is 42.4 Å². The minimum Gasteiger partial charge on any atom is -0.486 e. The lowest BCUT2D eigenvalue weighted by Gasteiger charge is -2.26. The molecule has 0 fully saturated rings. The van der Waals surface area contributed by atoms with Crippen molar-refractivity contribution in [2.45, 2.75) is 60.2 Å². The fourth-order valence-corrected chi connectivity index (χ4v) is 3.16. The highest BCUT2D eigenvalue weighted by Crippen LogP contribution is 2.18. The fourth-order valence-electron chi connectivity index (χ4n) is 2.47. The number of thiazole rings is 1. The molecule has 0 spiro atoms. The molecule has 4 nitrogen and oxygen atoms in total. The summed E-state index contributed by atoms with van der Waals surface area (Å²) in [5.74, 6) is 1.40. The van der Waals surface area contributed by atoms with Gasteiger partial charge in [0.1, 0.15) is 17.4 Å². The largest absolute Gasteiger partial charge is 0.486 e. The van der Waals surface area contributed by atoms with Crippen LogP contribution in [0.15, 0.2) is 29.6 Å². The fraction of sp³-hybridized carbons (Fsp3) is 0.500. The average Bonchev–Trinajstić information content (AvgIpc) is 2.98. The summed E-state index contributed by atoms with van der Waals surface area (Å²) in [5, 5.41) is 2.95. The van der Waals surface area contributed by atoms with E-state index in [-0.39, 0.29) is 11.9 Å². The van der Waals surface area contributed by atoms with E-state index in [9.17, 15) is 4.79 Å². The van der Waals surface area contributed by atoms with Crippen molar-refractivity contribution in [3.63, 3.8) is 0 Å². The number of aromatic nitrogens is 1. The Morgan fingerprint density at radius 3 is 2.48 bits per heavy atom. The van der Waals surface area contributed by atoms with Crippen molar-refractivity contribution in [1.29, 1.82) is 0 Å². The summed E-state index contributed by atoms with van der Waals surface area (Å²) in [6.45, 7) is 11.3. The Kier molecular flexibility index (Phi) is 7.00. The molecule has 1 heterocycles. The normalized spacial score (nSPS) is 11.2. The SMILES string of the molecule is Cc1ccc(OCc2nc(CN(C(=O)CC(C)C)C(C)C)cs2)cc1. The number of hydrogen-bond donors (Lipinski definition) is 0. The highest BCUT2D eigenvalue weighted by atomic mass is 32.1. The summed E-state index contributed by atoms with van der Waals surface area (Å²) in [6, 6.07) is 8.16. The zero-order valence-electron chi connectivity index (χ0n) is 15.8. The summed E-state index contributed by atoms with van der Waals surface area (Å²) in [5.41, 5.74) is 2.14. The molecular formula is C20H28N2O2S. The van der Waals surface area contributed by atoms with Crippen molar-refractivity contribution in [2.24, 2.45) is 5.92 Å². The number of benzene rings is 1. The molecule has 0 aliphatic carbocycles. The lowest BCUT2D eigenvalue weighted by molar-refractivity contribution is -0.134. The van der Waals surface area contributed by atoms with Crippen LogP contribution in [0.4, 0.5) is 0 Å². The predicted octanol–water partition coefficient (Wildman–Crippen LogP) is 4.81. The lowest BCUT2D eigenvalue weighted by atomic mass is 10.1. The Balaban J connectivity index is 1.94. The molecule has 2 rings (SSSR count). The Hall–Kier alpha value is -1.88. The number of rotatable bonds is 8. The maximum absolute atomic E-state index is 12.4. The van der Waals surface area contributed by atoms with Gasteiger partial charge in [-0.2, -0.15) is 0 Å². The number of nitrogens with zero attached hydrogens (tertiary/aromatic N) is 2. The molecule has 5 heteroatoms. The van der Waals surface area contributed by atoms with E-state index < -0.39 is 0 Å². The standard InChI is InChI=1S/C20H28N2O2S/c1-14(2)10-20(23)22(15(3)4)11-17-13-25-19(21-17)12-24-18-8-6-16(5)7-9-18/h6-9,13-15H,10-12H2,1-5H3. The minimum absolute atomic E-state index is 0.167. The van der Waals surface area contributed by atoms with Crippen LogP contribution in [0.1, 0.15) is 50.4 Å². The van der Waals surface area contributed by atoms with Gasteiger partial charge >= 0.3 is 0 Å². The first-order valence-electron chi connectivity index (χ1n) is 8.77. The van der Waals surface area contributed by atoms with Crippen LogP contribution in [0.2, 0.25) is 0 Å². The predicted molar refractivity (Wildman–Crippen MR) is 103 cm³/mol. The molecule has 0 radical (unpaired) electrons. The molecule has 1 aromatic carbocycles. The second kappa shape index (κ2) is 8.99.